The Kier molecular flexibility index (Phi) is 3.76. The van der Waals surface area contributed by atoms with Crippen molar-refractivity contribution >= 4 is 17.4 Å². The van der Waals surface area contributed by atoms with Crippen LogP contribution in [0.5, 0.6) is 11.5 Å². The van der Waals surface area contributed by atoms with Gasteiger partial charge in [-0.2, -0.15) is 0 Å². The molecule has 3 N–H and O–H groups in total. The number of nitrogens with one attached hydrogen (secondary N) is 1. The molecule has 2 rings (SSSR count). The highest BCUT2D eigenvalue weighted by molar-refractivity contribution is 6.34. The van der Waals surface area contributed by atoms with E-state index >= 15 is 0 Å². The number of hydrogen-bond donors (Lipinski definition) is 2. The van der Waals surface area contributed by atoms with Crippen molar-refractivity contribution in [3.8, 4) is 11.5 Å². The lowest BCUT2D eigenvalue weighted by Gasteiger charge is -2.14. The number of benzene rings is 2. The fraction of sp³-hybridized carbons (Fsp3) is 0.133. The number of amidine groups is 1. The van der Waals surface area contributed by atoms with Gasteiger partial charge in [-0.3, -0.25) is 5.41 Å². The lowest BCUT2D eigenvalue weighted by molar-refractivity contribution is 0.477. The summed E-state index contributed by atoms with van der Waals surface area (Å²) in [6, 6.07) is 11.0. The number of aryl methyl sites for hydroxylation is 1. The molecule has 0 unspecified atom stereocenters. The minimum absolute atomic E-state index is 0.106. The van der Waals surface area contributed by atoms with Gasteiger partial charge < -0.3 is 10.5 Å². The molecule has 0 spiro atoms. The van der Waals surface area contributed by atoms with Gasteiger partial charge in [0.1, 0.15) is 17.3 Å². The molecule has 2 aromatic rings. The van der Waals surface area contributed by atoms with Crippen LogP contribution < -0.4 is 10.5 Å². The Bertz CT molecular complexity index is 638. The molecular formula is C15H15ClN2O. The number of hydrogen-bond acceptors (Lipinski definition) is 2. The third-order valence-corrected chi connectivity index (χ3v) is 3.33. The van der Waals surface area contributed by atoms with Crippen molar-refractivity contribution in [2.75, 3.05) is 0 Å². The molecule has 0 saturated heterocycles. The molecule has 2 aromatic carbocycles. The van der Waals surface area contributed by atoms with Gasteiger partial charge in [-0.1, -0.05) is 29.8 Å². The monoisotopic (exact) mass is 274 g/mol. The van der Waals surface area contributed by atoms with Gasteiger partial charge in [0.05, 0.1) is 10.6 Å². The molecule has 0 heterocycles. The summed E-state index contributed by atoms with van der Waals surface area (Å²) in [4.78, 5) is 0. The fourth-order valence-corrected chi connectivity index (χ4v) is 2.07. The number of nitrogen functional groups attached to an aromatic ring is 1. The van der Waals surface area contributed by atoms with Crippen molar-refractivity contribution in [2.24, 2.45) is 5.73 Å². The van der Waals surface area contributed by atoms with E-state index in [9.17, 15) is 0 Å². The Labute approximate surface area is 117 Å². The molecule has 0 amide bonds. The second kappa shape index (κ2) is 5.33. The van der Waals surface area contributed by atoms with Crippen LogP contribution in [0.2, 0.25) is 5.02 Å². The molecule has 3 nitrogen and oxygen atoms in total. The van der Waals surface area contributed by atoms with E-state index in [-0.39, 0.29) is 5.84 Å². The van der Waals surface area contributed by atoms with Gasteiger partial charge in [0.15, 0.2) is 0 Å². The standard InChI is InChI=1S/C15H15ClN2O/c1-9-5-3-7-12(10(9)2)19-13-8-4-6-11(16)14(13)15(17)18/h3-8H,1-2H3,(H3,17,18). The van der Waals surface area contributed by atoms with Crippen molar-refractivity contribution in [1.82, 2.24) is 0 Å². The largest absolute Gasteiger partial charge is 0.456 e. The van der Waals surface area contributed by atoms with E-state index in [1.54, 1.807) is 18.2 Å². The van der Waals surface area contributed by atoms with Gasteiger partial charge in [0.2, 0.25) is 0 Å². The van der Waals surface area contributed by atoms with Gasteiger partial charge >= 0.3 is 0 Å². The molecule has 4 heteroatoms. The van der Waals surface area contributed by atoms with Crippen LogP contribution in [0.15, 0.2) is 36.4 Å². The Morgan fingerprint density at radius 2 is 1.74 bits per heavy atom. The molecular weight excluding hydrogens is 260 g/mol. The number of ether oxygens (including phenoxy) is 1. The molecule has 0 aliphatic heterocycles. The first-order valence-corrected chi connectivity index (χ1v) is 6.25. The third-order valence-electron chi connectivity index (χ3n) is 3.02. The predicted molar refractivity (Wildman–Crippen MR) is 78.5 cm³/mol. The first kappa shape index (κ1) is 13.4. The second-order valence-electron chi connectivity index (χ2n) is 4.33. The smallest absolute Gasteiger partial charge is 0.139 e. The van der Waals surface area contributed by atoms with Crippen molar-refractivity contribution in [3.05, 3.63) is 58.1 Å². The fourth-order valence-electron chi connectivity index (χ4n) is 1.80. The molecule has 0 bridgehead atoms. The van der Waals surface area contributed by atoms with E-state index in [4.69, 9.17) is 27.5 Å². The Balaban J connectivity index is 2.47. The first-order chi connectivity index (χ1) is 9.00. The highest BCUT2D eigenvalue weighted by Gasteiger charge is 2.13. The van der Waals surface area contributed by atoms with E-state index in [0.717, 1.165) is 16.9 Å². The minimum Gasteiger partial charge on any atom is -0.456 e. The van der Waals surface area contributed by atoms with Crippen molar-refractivity contribution in [2.45, 2.75) is 13.8 Å². The molecule has 0 aromatic heterocycles. The zero-order valence-corrected chi connectivity index (χ0v) is 11.6. The average molecular weight is 275 g/mol. The molecule has 19 heavy (non-hydrogen) atoms. The highest BCUT2D eigenvalue weighted by atomic mass is 35.5. The lowest BCUT2D eigenvalue weighted by atomic mass is 10.1. The minimum atomic E-state index is -0.106. The molecule has 0 aliphatic rings. The van der Waals surface area contributed by atoms with Gasteiger partial charge in [0.25, 0.3) is 0 Å². The molecule has 0 radical (unpaired) electrons. The quantitative estimate of drug-likeness (QED) is 0.656. The summed E-state index contributed by atoms with van der Waals surface area (Å²) in [6.07, 6.45) is 0. The van der Waals surface area contributed by atoms with E-state index in [0.29, 0.717) is 16.3 Å². The summed E-state index contributed by atoms with van der Waals surface area (Å²) in [6.45, 7) is 4.01. The summed E-state index contributed by atoms with van der Waals surface area (Å²) in [5.74, 6) is 1.13. The summed E-state index contributed by atoms with van der Waals surface area (Å²) < 4.78 is 5.86. The maximum atomic E-state index is 7.59. The van der Waals surface area contributed by atoms with Crippen LogP contribution >= 0.6 is 11.6 Å². The Morgan fingerprint density at radius 1 is 1.11 bits per heavy atom. The van der Waals surface area contributed by atoms with Crippen LogP contribution in [0, 0.1) is 19.3 Å². The second-order valence-corrected chi connectivity index (χ2v) is 4.73. The first-order valence-electron chi connectivity index (χ1n) is 5.87. The summed E-state index contributed by atoms with van der Waals surface area (Å²) in [5.41, 5.74) is 8.17. The van der Waals surface area contributed by atoms with Gasteiger partial charge in [-0.05, 0) is 43.2 Å². The molecule has 98 valence electrons. The maximum absolute atomic E-state index is 7.59. The summed E-state index contributed by atoms with van der Waals surface area (Å²) in [5, 5.41) is 8.00. The number of rotatable bonds is 3. The van der Waals surface area contributed by atoms with Gasteiger partial charge in [0, 0.05) is 0 Å². The summed E-state index contributed by atoms with van der Waals surface area (Å²) in [7, 11) is 0. The SMILES string of the molecule is Cc1cccc(Oc2cccc(Cl)c2C(=N)N)c1C. The van der Waals surface area contributed by atoms with Crippen LogP contribution in [0.1, 0.15) is 16.7 Å². The van der Waals surface area contributed by atoms with Gasteiger partial charge in [-0.15, -0.1) is 0 Å². The van der Waals surface area contributed by atoms with Crippen molar-refractivity contribution in [1.29, 1.82) is 5.41 Å². The highest BCUT2D eigenvalue weighted by Crippen LogP contribution is 2.32. The molecule has 0 fully saturated rings. The van der Waals surface area contributed by atoms with Crippen LogP contribution in [-0.2, 0) is 0 Å². The number of halogens is 1. The van der Waals surface area contributed by atoms with Crippen molar-refractivity contribution < 1.29 is 4.74 Å². The zero-order valence-electron chi connectivity index (χ0n) is 10.8. The van der Waals surface area contributed by atoms with E-state index in [1.807, 2.05) is 32.0 Å². The maximum Gasteiger partial charge on any atom is 0.139 e. The lowest BCUT2D eigenvalue weighted by Crippen LogP contribution is -2.13. The predicted octanol–water partition coefficient (Wildman–Crippen LogP) is 4.03. The van der Waals surface area contributed by atoms with Crippen LogP contribution in [-0.4, -0.2) is 5.84 Å². The summed E-state index contributed by atoms with van der Waals surface area (Å²) >= 11 is 6.06. The van der Waals surface area contributed by atoms with E-state index in [2.05, 4.69) is 0 Å². The van der Waals surface area contributed by atoms with Crippen LogP contribution in [0.25, 0.3) is 0 Å². The van der Waals surface area contributed by atoms with E-state index in [1.165, 1.54) is 0 Å². The average Bonchev–Trinajstić information content (AvgIpc) is 2.34. The van der Waals surface area contributed by atoms with Crippen LogP contribution in [0.3, 0.4) is 0 Å². The molecule has 0 atom stereocenters. The Hall–Kier alpha value is -2.00. The zero-order chi connectivity index (χ0) is 14.0. The van der Waals surface area contributed by atoms with Gasteiger partial charge in [-0.25, -0.2) is 0 Å². The topological polar surface area (TPSA) is 59.1 Å². The molecule has 0 saturated carbocycles. The van der Waals surface area contributed by atoms with Crippen molar-refractivity contribution in [3.63, 3.8) is 0 Å². The molecule has 0 aliphatic carbocycles. The van der Waals surface area contributed by atoms with E-state index < -0.39 is 0 Å². The van der Waals surface area contributed by atoms with Crippen LogP contribution in [0.4, 0.5) is 0 Å². The number of nitrogens with two attached hydrogens (primary N) is 1. The Morgan fingerprint density at radius 3 is 2.42 bits per heavy atom. The third kappa shape index (κ3) is 2.71. The normalized spacial score (nSPS) is 10.3.